The Kier molecular flexibility index (Phi) is 4.53. The Morgan fingerprint density at radius 2 is 2.21 bits per heavy atom. The third kappa shape index (κ3) is 4.03. The highest BCUT2D eigenvalue weighted by atomic mass is 35.5. The predicted octanol–water partition coefficient (Wildman–Crippen LogP) is 3.15. The van der Waals surface area contributed by atoms with E-state index in [0.717, 1.165) is 5.56 Å². The van der Waals surface area contributed by atoms with E-state index in [1.807, 2.05) is 0 Å². The van der Waals surface area contributed by atoms with Gasteiger partial charge < -0.3 is 14.6 Å². The van der Waals surface area contributed by atoms with Crippen molar-refractivity contribution in [3.8, 4) is 11.5 Å². The number of benzene rings is 1. The van der Waals surface area contributed by atoms with Gasteiger partial charge in [0.25, 0.3) is 0 Å². The van der Waals surface area contributed by atoms with E-state index in [1.165, 1.54) is 12.8 Å². The molecular weight excluding hydrogens is 268 g/mol. The van der Waals surface area contributed by atoms with E-state index in [9.17, 15) is 4.79 Å². The third-order valence-corrected chi connectivity index (χ3v) is 3.36. The minimum absolute atomic E-state index is 0.0712. The first kappa shape index (κ1) is 14.0. The minimum atomic E-state index is -0.829. The minimum Gasteiger partial charge on any atom is -0.493 e. The standard InChI is InChI=1S/C14H17ClO4/c1-18-12-7-10(4-5-13(16)17)6-11(15)14(12)19-8-9-2-3-9/h6-7,9H,2-5,8H2,1H3,(H,16,17). The summed E-state index contributed by atoms with van der Waals surface area (Å²) in [7, 11) is 1.55. The molecule has 2 rings (SSSR count). The van der Waals surface area contributed by atoms with Gasteiger partial charge in [-0.25, -0.2) is 0 Å². The third-order valence-electron chi connectivity index (χ3n) is 3.08. The van der Waals surface area contributed by atoms with Crippen LogP contribution in [0.1, 0.15) is 24.8 Å². The van der Waals surface area contributed by atoms with Gasteiger partial charge in [0.2, 0.25) is 0 Å². The highest BCUT2D eigenvalue weighted by molar-refractivity contribution is 6.32. The number of methoxy groups -OCH3 is 1. The smallest absolute Gasteiger partial charge is 0.303 e. The molecule has 0 bridgehead atoms. The Bertz CT molecular complexity index is 469. The molecule has 1 aromatic rings. The van der Waals surface area contributed by atoms with Crippen molar-refractivity contribution in [2.45, 2.75) is 25.7 Å². The molecule has 0 atom stereocenters. The van der Waals surface area contributed by atoms with E-state index in [-0.39, 0.29) is 6.42 Å². The van der Waals surface area contributed by atoms with Crippen molar-refractivity contribution in [1.82, 2.24) is 0 Å². The summed E-state index contributed by atoms with van der Waals surface area (Å²) in [5.41, 5.74) is 0.836. The van der Waals surface area contributed by atoms with Crippen LogP contribution in [0.2, 0.25) is 5.02 Å². The molecule has 0 radical (unpaired) electrons. The topological polar surface area (TPSA) is 55.8 Å². The number of rotatable bonds is 7. The maximum Gasteiger partial charge on any atom is 0.303 e. The first-order valence-corrected chi connectivity index (χ1v) is 6.69. The molecule has 1 fully saturated rings. The summed E-state index contributed by atoms with van der Waals surface area (Å²) in [5, 5.41) is 9.16. The highest BCUT2D eigenvalue weighted by Crippen LogP contribution is 2.38. The SMILES string of the molecule is COc1cc(CCC(=O)O)cc(Cl)c1OCC1CC1. The van der Waals surface area contributed by atoms with Crippen LogP contribution in [0.3, 0.4) is 0 Å². The molecule has 0 aromatic heterocycles. The first-order chi connectivity index (χ1) is 9.10. The number of hydrogen-bond donors (Lipinski definition) is 1. The number of carboxylic acids is 1. The van der Waals surface area contributed by atoms with Gasteiger partial charge >= 0.3 is 5.97 Å². The van der Waals surface area contributed by atoms with Crippen LogP contribution in [-0.4, -0.2) is 24.8 Å². The molecule has 19 heavy (non-hydrogen) atoms. The Balaban J connectivity index is 2.11. The van der Waals surface area contributed by atoms with Crippen molar-refractivity contribution in [3.63, 3.8) is 0 Å². The van der Waals surface area contributed by atoms with Gasteiger partial charge in [-0.1, -0.05) is 11.6 Å². The van der Waals surface area contributed by atoms with E-state index >= 15 is 0 Å². The van der Waals surface area contributed by atoms with Crippen LogP contribution in [-0.2, 0) is 11.2 Å². The van der Waals surface area contributed by atoms with Gasteiger partial charge in [0.05, 0.1) is 18.7 Å². The van der Waals surface area contributed by atoms with Crippen molar-refractivity contribution in [2.75, 3.05) is 13.7 Å². The quantitative estimate of drug-likeness (QED) is 0.836. The van der Waals surface area contributed by atoms with Gasteiger partial charge in [0, 0.05) is 6.42 Å². The van der Waals surface area contributed by atoms with Crippen molar-refractivity contribution < 1.29 is 19.4 Å². The lowest BCUT2D eigenvalue weighted by Crippen LogP contribution is -2.03. The van der Waals surface area contributed by atoms with Gasteiger partial charge in [0.15, 0.2) is 11.5 Å². The zero-order valence-electron chi connectivity index (χ0n) is 10.8. The maximum atomic E-state index is 10.6. The zero-order valence-corrected chi connectivity index (χ0v) is 11.6. The fourth-order valence-corrected chi connectivity index (χ4v) is 2.08. The van der Waals surface area contributed by atoms with Crippen molar-refractivity contribution in [2.24, 2.45) is 5.92 Å². The second-order valence-corrected chi connectivity index (χ2v) is 5.16. The Labute approximate surface area is 117 Å². The molecular formula is C14H17ClO4. The lowest BCUT2D eigenvalue weighted by molar-refractivity contribution is -0.136. The molecule has 1 saturated carbocycles. The van der Waals surface area contributed by atoms with Gasteiger partial charge in [-0.3, -0.25) is 4.79 Å². The Morgan fingerprint density at radius 1 is 1.47 bits per heavy atom. The largest absolute Gasteiger partial charge is 0.493 e. The van der Waals surface area contributed by atoms with Crippen LogP contribution in [0.25, 0.3) is 0 Å². The fraction of sp³-hybridized carbons (Fsp3) is 0.500. The number of aliphatic carboxylic acids is 1. The van der Waals surface area contributed by atoms with Gasteiger partial charge in [-0.05, 0) is 42.9 Å². The van der Waals surface area contributed by atoms with Crippen LogP contribution in [0.4, 0.5) is 0 Å². The van der Waals surface area contributed by atoms with Gasteiger partial charge in [-0.15, -0.1) is 0 Å². The summed E-state index contributed by atoms with van der Waals surface area (Å²) in [6.45, 7) is 0.657. The molecule has 1 aromatic carbocycles. The van der Waals surface area contributed by atoms with E-state index in [0.29, 0.717) is 35.5 Å². The monoisotopic (exact) mass is 284 g/mol. The normalized spacial score (nSPS) is 14.2. The summed E-state index contributed by atoms with van der Waals surface area (Å²) in [4.78, 5) is 10.6. The molecule has 0 heterocycles. The van der Waals surface area contributed by atoms with Crippen LogP contribution in [0.15, 0.2) is 12.1 Å². The van der Waals surface area contributed by atoms with E-state index < -0.39 is 5.97 Å². The van der Waals surface area contributed by atoms with Crippen molar-refractivity contribution in [1.29, 1.82) is 0 Å². The molecule has 0 spiro atoms. The average Bonchev–Trinajstić information content (AvgIpc) is 3.18. The zero-order chi connectivity index (χ0) is 13.8. The highest BCUT2D eigenvalue weighted by Gasteiger charge is 2.23. The van der Waals surface area contributed by atoms with E-state index in [4.69, 9.17) is 26.2 Å². The lowest BCUT2D eigenvalue weighted by atomic mass is 10.1. The average molecular weight is 285 g/mol. The fourth-order valence-electron chi connectivity index (χ4n) is 1.79. The summed E-state index contributed by atoms with van der Waals surface area (Å²) < 4.78 is 11.0. The Morgan fingerprint density at radius 3 is 2.79 bits per heavy atom. The summed E-state index contributed by atoms with van der Waals surface area (Å²) in [5.74, 6) is 0.917. The number of carbonyl (C=O) groups is 1. The van der Waals surface area contributed by atoms with Gasteiger partial charge in [-0.2, -0.15) is 0 Å². The second kappa shape index (κ2) is 6.15. The van der Waals surface area contributed by atoms with Crippen LogP contribution < -0.4 is 9.47 Å². The molecule has 0 amide bonds. The molecule has 0 unspecified atom stereocenters. The number of hydrogen-bond acceptors (Lipinski definition) is 3. The van der Waals surface area contributed by atoms with Crippen molar-refractivity contribution >= 4 is 17.6 Å². The maximum absolute atomic E-state index is 10.6. The van der Waals surface area contributed by atoms with Crippen molar-refractivity contribution in [3.05, 3.63) is 22.7 Å². The second-order valence-electron chi connectivity index (χ2n) is 4.76. The number of halogens is 1. The molecule has 1 aliphatic carbocycles. The molecule has 4 nitrogen and oxygen atoms in total. The van der Waals surface area contributed by atoms with Crippen LogP contribution in [0, 0.1) is 5.92 Å². The first-order valence-electron chi connectivity index (χ1n) is 6.31. The predicted molar refractivity (Wildman–Crippen MR) is 72.2 cm³/mol. The lowest BCUT2D eigenvalue weighted by Gasteiger charge is -2.13. The molecule has 0 aliphatic heterocycles. The molecule has 5 heteroatoms. The molecule has 1 aliphatic rings. The van der Waals surface area contributed by atoms with E-state index in [2.05, 4.69) is 0 Å². The molecule has 0 saturated heterocycles. The van der Waals surface area contributed by atoms with Crippen LogP contribution >= 0.6 is 11.6 Å². The summed E-state index contributed by atoms with van der Waals surface area (Å²) >= 11 is 6.18. The number of aryl methyl sites for hydroxylation is 1. The number of carboxylic acid groups (broad SMARTS) is 1. The summed E-state index contributed by atoms with van der Waals surface area (Å²) in [6, 6.07) is 3.53. The van der Waals surface area contributed by atoms with Gasteiger partial charge in [0.1, 0.15) is 0 Å². The molecule has 1 N–H and O–H groups in total. The summed E-state index contributed by atoms with van der Waals surface area (Å²) in [6.07, 6.45) is 2.91. The number of ether oxygens (including phenoxy) is 2. The molecule has 104 valence electrons. The Hall–Kier alpha value is -1.42. The van der Waals surface area contributed by atoms with Crippen LogP contribution in [0.5, 0.6) is 11.5 Å². The van der Waals surface area contributed by atoms with E-state index in [1.54, 1.807) is 19.2 Å².